The van der Waals surface area contributed by atoms with Crippen molar-refractivity contribution in [3.8, 4) is 5.75 Å². The Morgan fingerprint density at radius 1 is 1.00 bits per heavy atom. The molecule has 0 aliphatic heterocycles. The second kappa shape index (κ2) is 9.05. The number of aromatic nitrogens is 1. The summed E-state index contributed by atoms with van der Waals surface area (Å²) in [4.78, 5) is 24.8. The number of hydrogen-bond acceptors (Lipinski definition) is 5. The van der Waals surface area contributed by atoms with Gasteiger partial charge in [-0.3, -0.25) is 20.4 Å². The molecule has 1 aromatic heterocycles. The second-order valence-corrected chi connectivity index (χ2v) is 6.55. The average Bonchev–Trinajstić information content (AvgIpc) is 3.07. The first kappa shape index (κ1) is 20.1. The first-order valence-corrected chi connectivity index (χ1v) is 9.32. The zero-order valence-electron chi connectivity index (χ0n) is 16.6. The van der Waals surface area contributed by atoms with E-state index in [1.807, 2.05) is 26.0 Å². The van der Waals surface area contributed by atoms with E-state index in [0.29, 0.717) is 22.6 Å². The number of nitrogens with one attached hydrogen (secondary N) is 2. The van der Waals surface area contributed by atoms with Crippen molar-refractivity contribution in [2.24, 2.45) is 0 Å². The highest BCUT2D eigenvalue weighted by Crippen LogP contribution is 2.21. The third-order valence-corrected chi connectivity index (χ3v) is 4.60. The van der Waals surface area contributed by atoms with Crippen LogP contribution in [-0.2, 0) is 13.0 Å². The number of amides is 2. The van der Waals surface area contributed by atoms with Crippen molar-refractivity contribution in [1.29, 1.82) is 0 Å². The normalized spacial score (nSPS) is 10.4. The summed E-state index contributed by atoms with van der Waals surface area (Å²) in [7, 11) is 0. The van der Waals surface area contributed by atoms with Gasteiger partial charge in [0.05, 0.1) is 16.8 Å². The third-order valence-electron chi connectivity index (χ3n) is 4.60. The van der Waals surface area contributed by atoms with E-state index in [1.165, 1.54) is 0 Å². The minimum absolute atomic E-state index is 0.224. The van der Waals surface area contributed by atoms with Crippen LogP contribution in [-0.4, -0.2) is 17.0 Å². The third kappa shape index (κ3) is 4.82. The van der Waals surface area contributed by atoms with Crippen LogP contribution in [0.5, 0.6) is 5.75 Å². The lowest BCUT2D eigenvalue weighted by atomic mass is 10.1. The Bertz CT molecular complexity index is 990. The van der Waals surface area contributed by atoms with Gasteiger partial charge in [-0.2, -0.15) is 0 Å². The molecule has 0 aliphatic rings. The van der Waals surface area contributed by atoms with Crippen molar-refractivity contribution < 1.29 is 18.8 Å². The lowest BCUT2D eigenvalue weighted by molar-refractivity contribution is 0.0844. The van der Waals surface area contributed by atoms with Crippen LogP contribution in [0.25, 0.3) is 0 Å². The lowest BCUT2D eigenvalue weighted by Gasteiger charge is -2.12. The van der Waals surface area contributed by atoms with E-state index >= 15 is 0 Å². The smallest absolute Gasteiger partial charge is 0.273 e. The van der Waals surface area contributed by atoms with Crippen LogP contribution in [0.3, 0.4) is 0 Å². The Kier molecular flexibility index (Phi) is 6.29. The summed E-state index contributed by atoms with van der Waals surface area (Å²) < 4.78 is 10.9. The quantitative estimate of drug-likeness (QED) is 0.625. The summed E-state index contributed by atoms with van der Waals surface area (Å²) in [6.07, 6.45) is 0.892. The number of aryl methyl sites for hydroxylation is 3. The van der Waals surface area contributed by atoms with E-state index in [4.69, 9.17) is 9.26 Å². The van der Waals surface area contributed by atoms with Crippen LogP contribution in [0.4, 0.5) is 0 Å². The van der Waals surface area contributed by atoms with E-state index in [1.54, 1.807) is 43.3 Å². The molecule has 29 heavy (non-hydrogen) atoms. The highest BCUT2D eigenvalue weighted by Gasteiger charge is 2.16. The molecule has 3 rings (SSSR count). The predicted octanol–water partition coefficient (Wildman–Crippen LogP) is 3.51. The van der Waals surface area contributed by atoms with Crippen molar-refractivity contribution in [2.45, 2.75) is 33.8 Å². The van der Waals surface area contributed by atoms with Gasteiger partial charge in [-0.15, -0.1) is 0 Å². The Balaban J connectivity index is 1.64. The van der Waals surface area contributed by atoms with Crippen molar-refractivity contribution >= 4 is 11.8 Å². The molecule has 2 N–H and O–H groups in total. The molecule has 2 aromatic carbocycles. The fourth-order valence-electron chi connectivity index (χ4n) is 2.78. The number of nitrogens with zero attached hydrogens (tertiary/aromatic N) is 1. The molecule has 0 unspecified atom stereocenters. The van der Waals surface area contributed by atoms with Gasteiger partial charge in [-0.05, 0) is 50.1 Å². The van der Waals surface area contributed by atoms with Crippen LogP contribution in [0.15, 0.2) is 53.1 Å². The van der Waals surface area contributed by atoms with E-state index < -0.39 is 11.8 Å². The van der Waals surface area contributed by atoms with Crippen LogP contribution in [0.2, 0.25) is 0 Å². The van der Waals surface area contributed by atoms with Gasteiger partial charge in [0.15, 0.2) is 0 Å². The molecular formula is C22H23N3O4. The summed E-state index contributed by atoms with van der Waals surface area (Å²) in [5.41, 5.74) is 8.35. The van der Waals surface area contributed by atoms with Gasteiger partial charge in [0, 0.05) is 5.56 Å². The minimum atomic E-state index is -0.474. The summed E-state index contributed by atoms with van der Waals surface area (Å²) in [6, 6.07) is 14.0. The topological polar surface area (TPSA) is 93.5 Å². The molecule has 0 bridgehead atoms. The second-order valence-electron chi connectivity index (χ2n) is 6.55. The molecule has 0 atom stereocenters. The fourth-order valence-corrected chi connectivity index (χ4v) is 2.78. The van der Waals surface area contributed by atoms with Crippen LogP contribution < -0.4 is 15.6 Å². The van der Waals surface area contributed by atoms with Gasteiger partial charge in [0.25, 0.3) is 11.8 Å². The van der Waals surface area contributed by atoms with Gasteiger partial charge in [-0.25, -0.2) is 0 Å². The molecule has 0 spiro atoms. The monoisotopic (exact) mass is 393 g/mol. The van der Waals surface area contributed by atoms with Gasteiger partial charge < -0.3 is 9.26 Å². The molecule has 1 heterocycles. The summed E-state index contributed by atoms with van der Waals surface area (Å²) in [5.74, 6) is 0.199. The number of hydrazine groups is 1. The number of para-hydroxylation sites is 1. The zero-order valence-corrected chi connectivity index (χ0v) is 16.6. The fraction of sp³-hybridized carbons (Fsp3) is 0.227. The maximum Gasteiger partial charge on any atom is 0.273 e. The molecule has 0 saturated heterocycles. The Morgan fingerprint density at radius 3 is 2.34 bits per heavy atom. The number of benzene rings is 2. The number of carbonyl (C=O) groups is 2. The van der Waals surface area contributed by atoms with E-state index in [2.05, 4.69) is 16.0 Å². The van der Waals surface area contributed by atoms with Crippen molar-refractivity contribution in [1.82, 2.24) is 16.0 Å². The van der Waals surface area contributed by atoms with Crippen molar-refractivity contribution in [3.63, 3.8) is 0 Å². The number of rotatable bonds is 6. The van der Waals surface area contributed by atoms with Crippen LogP contribution >= 0.6 is 0 Å². The molecule has 3 aromatic rings. The van der Waals surface area contributed by atoms with E-state index in [0.717, 1.165) is 23.2 Å². The lowest BCUT2D eigenvalue weighted by Crippen LogP contribution is -2.41. The highest BCUT2D eigenvalue weighted by atomic mass is 16.5. The maximum atomic E-state index is 12.6. The standard InChI is InChI=1S/C22H23N3O4/c1-4-16-9-11-17(12-10-16)21(26)23-24-22(27)18-7-5-6-8-20(18)28-13-19-14(2)25-29-15(19)3/h5-12H,4,13H2,1-3H3,(H,23,26)(H,24,27). The molecule has 0 saturated carbocycles. The average molecular weight is 393 g/mol. The summed E-state index contributed by atoms with van der Waals surface area (Å²) in [6.45, 7) is 5.90. The number of ether oxygens (including phenoxy) is 1. The van der Waals surface area contributed by atoms with Crippen molar-refractivity contribution in [2.75, 3.05) is 0 Å². The number of carbonyl (C=O) groups excluding carboxylic acids is 2. The van der Waals surface area contributed by atoms with Gasteiger partial charge in [0.2, 0.25) is 0 Å². The number of hydrogen-bond donors (Lipinski definition) is 2. The predicted molar refractivity (Wildman–Crippen MR) is 108 cm³/mol. The first-order chi connectivity index (χ1) is 14.0. The van der Waals surface area contributed by atoms with Gasteiger partial charge >= 0.3 is 0 Å². The summed E-state index contributed by atoms with van der Waals surface area (Å²) in [5, 5.41) is 3.89. The highest BCUT2D eigenvalue weighted by molar-refractivity contribution is 6.00. The SMILES string of the molecule is CCc1ccc(C(=O)NNC(=O)c2ccccc2OCc2c(C)noc2C)cc1. The first-order valence-electron chi connectivity index (χ1n) is 9.32. The summed E-state index contributed by atoms with van der Waals surface area (Å²) >= 11 is 0. The molecule has 150 valence electrons. The zero-order chi connectivity index (χ0) is 20.8. The van der Waals surface area contributed by atoms with Crippen LogP contribution in [0.1, 0.15) is 50.2 Å². The maximum absolute atomic E-state index is 12.6. The largest absolute Gasteiger partial charge is 0.488 e. The molecule has 7 heteroatoms. The molecule has 7 nitrogen and oxygen atoms in total. The molecule has 0 fully saturated rings. The Labute approximate surface area is 169 Å². The van der Waals surface area contributed by atoms with Crippen LogP contribution in [0, 0.1) is 13.8 Å². The van der Waals surface area contributed by atoms with Gasteiger partial charge in [-0.1, -0.05) is 36.3 Å². The minimum Gasteiger partial charge on any atom is -0.488 e. The molecule has 0 radical (unpaired) electrons. The van der Waals surface area contributed by atoms with Crippen molar-refractivity contribution in [3.05, 3.63) is 82.2 Å². The van der Waals surface area contributed by atoms with Gasteiger partial charge in [0.1, 0.15) is 18.1 Å². The molecular weight excluding hydrogens is 370 g/mol. The Hall–Kier alpha value is -3.61. The van der Waals surface area contributed by atoms with E-state index in [9.17, 15) is 9.59 Å². The Morgan fingerprint density at radius 2 is 1.69 bits per heavy atom. The molecule has 2 amide bonds. The van der Waals surface area contributed by atoms with E-state index in [-0.39, 0.29) is 6.61 Å². The molecule has 0 aliphatic carbocycles.